The summed E-state index contributed by atoms with van der Waals surface area (Å²) in [5.74, 6) is 0.836. The van der Waals surface area contributed by atoms with Gasteiger partial charge in [-0.2, -0.15) is 0 Å². The molecule has 2 aliphatic heterocycles. The maximum atomic E-state index is 6.91. The van der Waals surface area contributed by atoms with E-state index in [-0.39, 0.29) is 11.2 Å². The monoisotopic (exact) mass is 289 g/mol. The second-order valence-corrected chi connectivity index (χ2v) is 7.16. The van der Waals surface area contributed by atoms with Crippen molar-refractivity contribution >= 4 is 0 Å². The number of hydrogen-bond acceptors (Lipinski definition) is 3. The summed E-state index contributed by atoms with van der Waals surface area (Å²) in [6, 6.07) is 2.13. The molecule has 3 heterocycles. The fourth-order valence-electron chi connectivity index (χ4n) is 4.34. The molecule has 1 fully saturated rings. The van der Waals surface area contributed by atoms with Crippen molar-refractivity contribution < 1.29 is 9.47 Å². The van der Waals surface area contributed by atoms with E-state index in [4.69, 9.17) is 14.5 Å². The molecule has 1 saturated heterocycles. The molecule has 0 aromatic carbocycles. The molecule has 3 heteroatoms. The lowest BCUT2D eigenvalue weighted by atomic mass is 9.73. The molecule has 0 saturated carbocycles. The van der Waals surface area contributed by atoms with E-state index in [1.807, 2.05) is 6.20 Å². The van der Waals surface area contributed by atoms with E-state index in [0.717, 1.165) is 26.1 Å². The fraction of sp³-hybridized carbons (Fsp3) is 0.722. The molecule has 116 valence electrons. The highest BCUT2D eigenvalue weighted by atomic mass is 16.5. The third kappa shape index (κ3) is 1.97. The number of fused-ring (bicyclic) bond motifs is 2. The summed E-state index contributed by atoms with van der Waals surface area (Å²) < 4.78 is 12.5. The molecule has 1 spiro atoms. The summed E-state index contributed by atoms with van der Waals surface area (Å²) in [6.07, 6.45) is 3.76. The first-order chi connectivity index (χ1) is 9.94. The molecular formula is C18H27NO2. The molecule has 3 nitrogen and oxygen atoms in total. The second-order valence-electron chi connectivity index (χ2n) is 7.16. The predicted octanol–water partition coefficient (Wildman–Crippen LogP) is 3.93. The Hall–Kier alpha value is -0.930. The Kier molecular flexibility index (Phi) is 3.61. The van der Waals surface area contributed by atoms with Crippen LogP contribution < -0.4 is 0 Å². The maximum Gasteiger partial charge on any atom is 0.116 e. The zero-order chi connectivity index (χ0) is 15.3. The van der Waals surface area contributed by atoms with Crippen molar-refractivity contribution in [2.24, 2.45) is 11.8 Å². The van der Waals surface area contributed by atoms with E-state index in [1.165, 1.54) is 16.8 Å². The van der Waals surface area contributed by atoms with Gasteiger partial charge in [-0.15, -0.1) is 0 Å². The van der Waals surface area contributed by atoms with Crippen LogP contribution in [0.1, 0.15) is 57.4 Å². The van der Waals surface area contributed by atoms with Crippen molar-refractivity contribution in [1.82, 2.24) is 4.98 Å². The van der Waals surface area contributed by atoms with Gasteiger partial charge in [0.25, 0.3) is 0 Å². The highest BCUT2D eigenvalue weighted by molar-refractivity contribution is 5.43. The summed E-state index contributed by atoms with van der Waals surface area (Å²) >= 11 is 0. The van der Waals surface area contributed by atoms with Gasteiger partial charge in [0.1, 0.15) is 11.2 Å². The Morgan fingerprint density at radius 2 is 1.71 bits per heavy atom. The van der Waals surface area contributed by atoms with E-state index in [1.54, 1.807) is 0 Å². The van der Waals surface area contributed by atoms with Crippen molar-refractivity contribution in [3.05, 3.63) is 29.1 Å². The molecule has 0 radical (unpaired) electrons. The predicted molar refractivity (Wildman–Crippen MR) is 83.1 cm³/mol. The number of nitrogens with zero attached hydrogens (tertiary/aromatic N) is 1. The van der Waals surface area contributed by atoms with Crippen LogP contribution in [-0.2, 0) is 20.7 Å². The number of ether oxygens (including phenoxy) is 2. The molecule has 0 N–H and O–H groups in total. The topological polar surface area (TPSA) is 31.4 Å². The lowest BCUT2D eigenvalue weighted by Gasteiger charge is -2.42. The first-order valence-electron chi connectivity index (χ1n) is 8.18. The van der Waals surface area contributed by atoms with Crippen molar-refractivity contribution in [3.63, 3.8) is 0 Å². The van der Waals surface area contributed by atoms with Crippen molar-refractivity contribution in [2.45, 2.75) is 58.7 Å². The minimum Gasteiger partial charge on any atom is -0.381 e. The van der Waals surface area contributed by atoms with Crippen molar-refractivity contribution in [3.8, 4) is 0 Å². The minimum atomic E-state index is -0.242. The molecule has 1 aromatic heterocycles. The number of aryl methyl sites for hydroxylation is 1. The van der Waals surface area contributed by atoms with E-state index in [0.29, 0.717) is 11.8 Å². The maximum absolute atomic E-state index is 6.91. The number of aromatic nitrogens is 1. The standard InChI is InChI=1S/C18H27NO2/c1-12(2)18(13(3)4)15-14(5)6-9-19-16(15)17(21-18)7-10-20-11-8-17/h6,9,12-13H,7-8,10-11H2,1-5H3. The van der Waals surface area contributed by atoms with Crippen LogP contribution in [0.3, 0.4) is 0 Å². The largest absolute Gasteiger partial charge is 0.381 e. The molecular weight excluding hydrogens is 262 g/mol. The quantitative estimate of drug-likeness (QED) is 0.826. The van der Waals surface area contributed by atoms with Crippen LogP contribution in [0.15, 0.2) is 12.3 Å². The summed E-state index contributed by atoms with van der Waals surface area (Å²) in [7, 11) is 0. The average molecular weight is 289 g/mol. The highest BCUT2D eigenvalue weighted by Gasteiger charge is 2.58. The van der Waals surface area contributed by atoms with Gasteiger partial charge < -0.3 is 9.47 Å². The minimum absolute atomic E-state index is 0.231. The van der Waals surface area contributed by atoms with Gasteiger partial charge in [0, 0.05) is 37.8 Å². The zero-order valence-electron chi connectivity index (χ0n) is 13.9. The zero-order valence-corrected chi connectivity index (χ0v) is 13.9. The molecule has 2 aliphatic rings. The summed E-state index contributed by atoms with van der Waals surface area (Å²) in [6.45, 7) is 12.8. The van der Waals surface area contributed by atoms with Crippen LogP contribution in [0.2, 0.25) is 0 Å². The number of hydrogen-bond donors (Lipinski definition) is 0. The van der Waals surface area contributed by atoms with Crippen LogP contribution in [0.5, 0.6) is 0 Å². The molecule has 3 rings (SSSR count). The first kappa shape index (κ1) is 15.0. The third-order valence-electron chi connectivity index (χ3n) is 5.36. The van der Waals surface area contributed by atoms with Gasteiger partial charge in [-0.25, -0.2) is 0 Å². The Balaban J connectivity index is 2.23. The van der Waals surface area contributed by atoms with Gasteiger partial charge in [-0.05, 0) is 30.4 Å². The van der Waals surface area contributed by atoms with E-state index in [9.17, 15) is 0 Å². The lowest BCUT2D eigenvalue weighted by molar-refractivity contribution is -0.214. The van der Waals surface area contributed by atoms with Crippen LogP contribution in [-0.4, -0.2) is 18.2 Å². The van der Waals surface area contributed by atoms with Crippen LogP contribution in [0, 0.1) is 18.8 Å². The smallest absolute Gasteiger partial charge is 0.116 e. The molecule has 21 heavy (non-hydrogen) atoms. The Bertz CT molecular complexity index is 522. The van der Waals surface area contributed by atoms with Crippen LogP contribution in [0.4, 0.5) is 0 Å². The molecule has 0 unspecified atom stereocenters. The third-order valence-corrected chi connectivity index (χ3v) is 5.36. The summed E-state index contributed by atoms with van der Waals surface area (Å²) in [4.78, 5) is 4.78. The number of rotatable bonds is 2. The number of pyridine rings is 1. The van der Waals surface area contributed by atoms with E-state index in [2.05, 4.69) is 40.7 Å². The van der Waals surface area contributed by atoms with Crippen molar-refractivity contribution in [2.75, 3.05) is 13.2 Å². The molecule has 0 amide bonds. The van der Waals surface area contributed by atoms with Gasteiger partial charge in [-0.1, -0.05) is 27.7 Å². The van der Waals surface area contributed by atoms with Gasteiger partial charge in [-0.3, -0.25) is 4.98 Å². The highest BCUT2D eigenvalue weighted by Crippen LogP contribution is 2.57. The molecule has 1 aromatic rings. The van der Waals surface area contributed by atoms with E-state index < -0.39 is 0 Å². The summed E-state index contributed by atoms with van der Waals surface area (Å²) in [5.41, 5.74) is 3.36. The Labute approximate surface area is 128 Å². The average Bonchev–Trinajstić information content (AvgIpc) is 2.73. The Morgan fingerprint density at radius 1 is 1.10 bits per heavy atom. The second kappa shape index (κ2) is 5.06. The molecule has 0 bridgehead atoms. The van der Waals surface area contributed by atoms with Crippen molar-refractivity contribution in [1.29, 1.82) is 0 Å². The van der Waals surface area contributed by atoms with Gasteiger partial charge in [0.15, 0.2) is 0 Å². The van der Waals surface area contributed by atoms with Gasteiger partial charge in [0.2, 0.25) is 0 Å². The lowest BCUT2D eigenvalue weighted by Crippen LogP contribution is -2.43. The SMILES string of the molecule is Cc1ccnc2c1C(C(C)C)(C(C)C)OC21CCOCC1. The molecule has 0 atom stereocenters. The Morgan fingerprint density at radius 3 is 2.29 bits per heavy atom. The van der Waals surface area contributed by atoms with E-state index >= 15 is 0 Å². The first-order valence-corrected chi connectivity index (χ1v) is 8.18. The fourth-order valence-corrected chi connectivity index (χ4v) is 4.34. The van der Waals surface area contributed by atoms with Gasteiger partial charge in [0.05, 0.1) is 5.69 Å². The van der Waals surface area contributed by atoms with Crippen LogP contribution >= 0.6 is 0 Å². The molecule has 0 aliphatic carbocycles. The normalized spacial score (nSPS) is 23.0. The van der Waals surface area contributed by atoms with Gasteiger partial charge >= 0.3 is 0 Å². The summed E-state index contributed by atoms with van der Waals surface area (Å²) in [5, 5.41) is 0. The van der Waals surface area contributed by atoms with Crippen LogP contribution in [0.25, 0.3) is 0 Å².